The van der Waals surface area contributed by atoms with Gasteiger partial charge in [-0.25, -0.2) is 29.9 Å². The van der Waals surface area contributed by atoms with Gasteiger partial charge in [-0.1, -0.05) is 206 Å². The van der Waals surface area contributed by atoms with Crippen molar-refractivity contribution >= 4 is 97.7 Å². The molecule has 8 nitrogen and oxygen atoms in total. The molecule has 0 bridgehead atoms. The summed E-state index contributed by atoms with van der Waals surface area (Å²) in [6.45, 7) is 0. The van der Waals surface area contributed by atoms with Gasteiger partial charge in [0.05, 0.1) is 0 Å². The average Bonchev–Trinajstić information content (AvgIpc) is 2.94. The van der Waals surface area contributed by atoms with E-state index in [-0.39, 0.29) is 0 Å². The zero-order valence-electron chi connectivity index (χ0n) is 43.7. The fourth-order valence-electron chi connectivity index (χ4n) is 12.3. The monoisotopic (exact) mass is 1050 g/mol. The summed E-state index contributed by atoms with van der Waals surface area (Å²) in [6, 6.07) is 88.4. The van der Waals surface area contributed by atoms with Gasteiger partial charge < -0.3 is 8.83 Å². The molecule has 0 saturated carbocycles. The van der Waals surface area contributed by atoms with Gasteiger partial charge in [-0.3, -0.25) is 0 Å². The van der Waals surface area contributed by atoms with E-state index in [0.717, 1.165) is 142 Å². The molecule has 13 aromatic carbocycles. The van der Waals surface area contributed by atoms with E-state index in [1.165, 1.54) is 0 Å². The molecule has 0 saturated heterocycles. The molecule has 380 valence electrons. The van der Waals surface area contributed by atoms with Crippen LogP contribution in [0.4, 0.5) is 0 Å². The van der Waals surface area contributed by atoms with Crippen molar-refractivity contribution in [1.82, 2.24) is 29.9 Å². The largest absolute Gasteiger partial charge is 0.456 e. The molecule has 0 N–H and O–H groups in total. The molecular formula is C74H42N6O2. The van der Waals surface area contributed by atoms with Crippen LogP contribution < -0.4 is 0 Å². The maximum Gasteiger partial charge on any atom is 0.164 e. The molecule has 0 radical (unpaired) electrons. The predicted octanol–water partition coefficient (Wildman–Crippen LogP) is 19.3. The summed E-state index contributed by atoms with van der Waals surface area (Å²) in [4.78, 5) is 31.6. The summed E-state index contributed by atoms with van der Waals surface area (Å²) >= 11 is 0. The van der Waals surface area contributed by atoms with Gasteiger partial charge in [-0.2, -0.15) is 0 Å². The number of furan rings is 2. The van der Waals surface area contributed by atoms with Crippen LogP contribution in [0.3, 0.4) is 0 Å². The second-order valence-electron chi connectivity index (χ2n) is 20.9. The van der Waals surface area contributed by atoms with Crippen molar-refractivity contribution in [1.29, 1.82) is 0 Å². The van der Waals surface area contributed by atoms with E-state index in [1.807, 2.05) is 42.5 Å². The van der Waals surface area contributed by atoms with E-state index in [1.54, 1.807) is 0 Å². The van der Waals surface area contributed by atoms with Gasteiger partial charge >= 0.3 is 0 Å². The molecule has 0 amide bonds. The molecule has 0 aliphatic heterocycles. The van der Waals surface area contributed by atoms with Crippen molar-refractivity contribution in [2.45, 2.75) is 0 Å². The first-order valence-corrected chi connectivity index (χ1v) is 27.4. The lowest BCUT2D eigenvalue weighted by Crippen LogP contribution is -2.01. The van der Waals surface area contributed by atoms with Gasteiger partial charge in [0.1, 0.15) is 22.3 Å². The molecule has 4 heterocycles. The Morgan fingerprint density at radius 1 is 0.195 bits per heavy atom. The standard InChI is InChI=1S/C74H42N6O2/c1-2-15-45(16-3-1)69-76-73(80-74(77-69)61-27-10-18-44-36-38-65-68(66(44)61)60-20-7-9-29-63(60)82-65)57-25-12-22-53-52(21-11-23-54(53)57)49-33-31-48-42-51(35-32-47(48)40-49)71-75-70(50-34-30-43-14-4-5-17-46(43)41-50)78-72(79-71)58-26-13-24-56-55(58)37-39-64-67(56)59-19-6-8-28-62(59)81-64/h1-42H. The van der Waals surface area contributed by atoms with Crippen LogP contribution in [0.2, 0.25) is 0 Å². The number of hydrogen-bond acceptors (Lipinski definition) is 8. The second kappa shape index (κ2) is 18.2. The molecule has 0 fully saturated rings. The van der Waals surface area contributed by atoms with Gasteiger partial charge in [0.15, 0.2) is 34.9 Å². The van der Waals surface area contributed by atoms with Crippen LogP contribution in [0.25, 0.3) is 177 Å². The Morgan fingerprint density at radius 2 is 0.610 bits per heavy atom. The van der Waals surface area contributed by atoms with Crippen molar-refractivity contribution in [3.8, 4) is 79.5 Å². The summed E-state index contributed by atoms with van der Waals surface area (Å²) in [7, 11) is 0. The Balaban J connectivity index is 0.780. The van der Waals surface area contributed by atoms with Gasteiger partial charge in [0, 0.05) is 60.3 Å². The maximum absolute atomic E-state index is 6.39. The quantitative estimate of drug-likeness (QED) is 0.155. The van der Waals surface area contributed by atoms with Crippen molar-refractivity contribution in [2.24, 2.45) is 0 Å². The van der Waals surface area contributed by atoms with Crippen LogP contribution in [0.1, 0.15) is 0 Å². The normalized spacial score (nSPS) is 11.9. The number of benzene rings is 13. The number of aromatic nitrogens is 6. The first-order valence-electron chi connectivity index (χ1n) is 27.4. The molecule has 0 aliphatic rings. The van der Waals surface area contributed by atoms with Crippen molar-refractivity contribution in [3.05, 3.63) is 255 Å². The average molecular weight is 1050 g/mol. The summed E-state index contributed by atoms with van der Waals surface area (Å²) in [5.41, 5.74) is 11.0. The molecule has 17 rings (SSSR count). The van der Waals surface area contributed by atoms with E-state index < -0.39 is 0 Å². The highest BCUT2D eigenvalue weighted by atomic mass is 16.3. The first-order chi connectivity index (χ1) is 40.6. The smallest absolute Gasteiger partial charge is 0.164 e. The number of para-hydroxylation sites is 2. The second-order valence-corrected chi connectivity index (χ2v) is 20.9. The number of rotatable bonds is 7. The molecule has 4 aromatic heterocycles. The fraction of sp³-hybridized carbons (Fsp3) is 0. The van der Waals surface area contributed by atoms with Crippen LogP contribution >= 0.6 is 0 Å². The first kappa shape index (κ1) is 45.8. The van der Waals surface area contributed by atoms with E-state index in [2.05, 4.69) is 212 Å². The minimum atomic E-state index is 0.589. The Bertz CT molecular complexity index is 5490. The SMILES string of the molecule is c1ccc(-c2nc(-c3cccc4c(-c5ccc6cc(-c7nc(-c8ccc9ccccc9c8)nc(-c8cccc9c8ccc8oc%10ccccc%10c89)n7)ccc6c5)cccc34)nc(-c3cccc4ccc5oc6ccccc6c5c34)n2)cc1. The fourth-order valence-corrected chi connectivity index (χ4v) is 12.3. The van der Waals surface area contributed by atoms with Crippen molar-refractivity contribution < 1.29 is 8.83 Å². The Morgan fingerprint density at radius 3 is 1.32 bits per heavy atom. The van der Waals surface area contributed by atoms with Crippen LogP contribution in [0.5, 0.6) is 0 Å². The van der Waals surface area contributed by atoms with Crippen molar-refractivity contribution in [2.75, 3.05) is 0 Å². The predicted molar refractivity (Wildman–Crippen MR) is 333 cm³/mol. The minimum absolute atomic E-state index is 0.589. The highest BCUT2D eigenvalue weighted by Gasteiger charge is 2.22. The van der Waals surface area contributed by atoms with Crippen LogP contribution in [0, 0.1) is 0 Å². The van der Waals surface area contributed by atoms with Gasteiger partial charge in [0.25, 0.3) is 0 Å². The van der Waals surface area contributed by atoms with E-state index in [4.69, 9.17) is 38.7 Å². The summed E-state index contributed by atoms with van der Waals surface area (Å²) in [6.07, 6.45) is 0. The number of nitrogens with zero attached hydrogens (tertiary/aromatic N) is 6. The van der Waals surface area contributed by atoms with Gasteiger partial charge in [-0.05, 0) is 108 Å². The Labute approximate surface area is 468 Å². The molecular weight excluding hydrogens is 1000 g/mol. The van der Waals surface area contributed by atoms with Crippen LogP contribution in [0.15, 0.2) is 264 Å². The maximum atomic E-state index is 6.39. The third-order valence-corrected chi connectivity index (χ3v) is 16.1. The third kappa shape index (κ3) is 7.39. The topological polar surface area (TPSA) is 104 Å². The molecule has 0 atom stereocenters. The molecule has 0 aliphatic carbocycles. The number of hydrogen-bond donors (Lipinski definition) is 0. The third-order valence-electron chi connectivity index (χ3n) is 16.1. The van der Waals surface area contributed by atoms with Crippen molar-refractivity contribution in [3.63, 3.8) is 0 Å². The highest BCUT2D eigenvalue weighted by molar-refractivity contribution is 6.23. The summed E-state index contributed by atoms with van der Waals surface area (Å²) in [5, 5.41) is 15.0. The van der Waals surface area contributed by atoms with Crippen LogP contribution in [-0.4, -0.2) is 29.9 Å². The molecule has 8 heteroatoms. The van der Waals surface area contributed by atoms with Gasteiger partial charge in [0.2, 0.25) is 0 Å². The van der Waals surface area contributed by atoms with E-state index >= 15 is 0 Å². The lowest BCUT2D eigenvalue weighted by Gasteiger charge is -2.14. The van der Waals surface area contributed by atoms with Crippen LogP contribution in [-0.2, 0) is 0 Å². The molecule has 0 unspecified atom stereocenters. The molecule has 82 heavy (non-hydrogen) atoms. The molecule has 0 spiro atoms. The Kier molecular flexibility index (Phi) is 10.1. The summed E-state index contributed by atoms with van der Waals surface area (Å²) < 4.78 is 12.7. The lowest BCUT2D eigenvalue weighted by atomic mass is 9.93. The highest BCUT2D eigenvalue weighted by Crippen LogP contribution is 2.43. The van der Waals surface area contributed by atoms with E-state index in [0.29, 0.717) is 34.9 Å². The Hall–Kier alpha value is -11.2. The van der Waals surface area contributed by atoms with Gasteiger partial charge in [-0.15, -0.1) is 0 Å². The minimum Gasteiger partial charge on any atom is -0.456 e. The summed E-state index contributed by atoms with van der Waals surface area (Å²) in [5.74, 6) is 3.57. The van der Waals surface area contributed by atoms with E-state index in [9.17, 15) is 0 Å². The zero-order chi connectivity index (χ0) is 53.8. The lowest BCUT2D eigenvalue weighted by molar-refractivity contribution is 0.669. The zero-order valence-corrected chi connectivity index (χ0v) is 43.7. The molecule has 17 aromatic rings. The number of fused-ring (bicyclic) bond motifs is 13.